The van der Waals surface area contributed by atoms with Gasteiger partial charge in [0.25, 0.3) is 6.43 Å². The van der Waals surface area contributed by atoms with Gasteiger partial charge in [-0.05, 0) is 73.5 Å². The molecule has 1 saturated heterocycles. The van der Waals surface area contributed by atoms with Crippen LogP contribution in [0, 0.1) is 12.7 Å². The molecular weight excluding hydrogens is 581 g/mol. The molecular formula is C30H31F3N6O3S. The molecule has 2 N–H and O–H groups in total. The number of aryl methyl sites for hydroxylation is 1. The lowest BCUT2D eigenvalue weighted by molar-refractivity contribution is 0.146. The molecule has 3 heterocycles. The lowest BCUT2D eigenvalue weighted by Gasteiger charge is -2.34. The third-order valence-corrected chi connectivity index (χ3v) is 8.52. The lowest BCUT2D eigenvalue weighted by Crippen LogP contribution is -2.48. The van der Waals surface area contributed by atoms with E-state index in [-0.39, 0.29) is 11.8 Å². The van der Waals surface area contributed by atoms with Gasteiger partial charge in [-0.1, -0.05) is 12.1 Å². The number of pyridine rings is 1. The van der Waals surface area contributed by atoms with Crippen molar-refractivity contribution in [3.8, 4) is 28.3 Å². The van der Waals surface area contributed by atoms with Gasteiger partial charge in [-0.15, -0.1) is 0 Å². The maximum absolute atomic E-state index is 13.7. The molecule has 0 radical (unpaired) electrons. The molecule has 0 amide bonds. The molecule has 0 aliphatic carbocycles. The highest BCUT2D eigenvalue weighted by Crippen LogP contribution is 2.40. The number of piperazine rings is 1. The molecule has 2 aromatic carbocycles. The smallest absolute Gasteiger partial charge is 0.280 e. The Labute approximate surface area is 248 Å². The molecule has 226 valence electrons. The van der Waals surface area contributed by atoms with Crippen molar-refractivity contribution in [3.05, 3.63) is 83.4 Å². The van der Waals surface area contributed by atoms with Crippen molar-refractivity contribution in [1.29, 1.82) is 0 Å². The van der Waals surface area contributed by atoms with Crippen LogP contribution in [0.5, 0.6) is 5.88 Å². The van der Waals surface area contributed by atoms with Crippen LogP contribution in [0.1, 0.15) is 36.4 Å². The van der Waals surface area contributed by atoms with E-state index in [0.29, 0.717) is 54.3 Å². The third kappa shape index (κ3) is 6.89. The van der Waals surface area contributed by atoms with E-state index < -0.39 is 34.1 Å². The molecule has 4 aromatic rings. The Bertz CT molecular complexity index is 1710. The number of benzene rings is 2. The van der Waals surface area contributed by atoms with Crippen LogP contribution in [0.15, 0.2) is 60.7 Å². The summed E-state index contributed by atoms with van der Waals surface area (Å²) in [7, 11) is -3.22. The van der Waals surface area contributed by atoms with Crippen LogP contribution < -0.4 is 15.4 Å². The Hall–Kier alpha value is -4.23. The SMILES string of the molecule is Cc1cc(-c2c(OC(C)c3ccc(N4CCN(S(C)(=O)=O)CC4)cc3)nc(N)nc2-c2ccc(F)cc2)cc(C(F)F)n1. The van der Waals surface area contributed by atoms with Crippen molar-refractivity contribution in [2.75, 3.05) is 43.1 Å². The zero-order valence-electron chi connectivity index (χ0n) is 23.8. The van der Waals surface area contributed by atoms with Crippen LogP contribution in [-0.4, -0.2) is 60.1 Å². The molecule has 2 aromatic heterocycles. The zero-order valence-corrected chi connectivity index (χ0v) is 24.7. The normalized spacial score (nSPS) is 15.1. The van der Waals surface area contributed by atoms with Crippen molar-refractivity contribution in [3.63, 3.8) is 0 Å². The molecule has 0 saturated carbocycles. The number of nitrogens with zero attached hydrogens (tertiary/aromatic N) is 5. The number of hydrogen-bond donors (Lipinski definition) is 1. The first-order chi connectivity index (χ1) is 20.4. The van der Waals surface area contributed by atoms with Crippen LogP contribution in [0.3, 0.4) is 0 Å². The largest absolute Gasteiger partial charge is 0.469 e. The van der Waals surface area contributed by atoms with E-state index in [1.165, 1.54) is 40.9 Å². The minimum atomic E-state index is -3.22. The third-order valence-electron chi connectivity index (χ3n) is 7.22. The van der Waals surface area contributed by atoms with Crippen LogP contribution in [0.4, 0.5) is 24.8 Å². The number of hydrogen-bond acceptors (Lipinski definition) is 8. The summed E-state index contributed by atoms with van der Waals surface area (Å²) >= 11 is 0. The molecule has 0 spiro atoms. The Balaban J connectivity index is 1.48. The summed E-state index contributed by atoms with van der Waals surface area (Å²) in [6.07, 6.45) is -2.13. The van der Waals surface area contributed by atoms with Gasteiger partial charge in [0.15, 0.2) is 0 Å². The average molecular weight is 613 g/mol. The molecule has 1 atom stereocenters. The average Bonchev–Trinajstić information content (AvgIpc) is 2.96. The van der Waals surface area contributed by atoms with Crippen LogP contribution >= 0.6 is 0 Å². The van der Waals surface area contributed by atoms with E-state index in [0.717, 1.165) is 11.3 Å². The van der Waals surface area contributed by atoms with Gasteiger partial charge in [-0.2, -0.15) is 9.29 Å². The first-order valence-electron chi connectivity index (χ1n) is 13.6. The fraction of sp³-hybridized carbons (Fsp3) is 0.300. The maximum atomic E-state index is 13.7. The highest BCUT2D eigenvalue weighted by molar-refractivity contribution is 7.88. The zero-order chi connectivity index (χ0) is 30.9. The summed E-state index contributed by atoms with van der Waals surface area (Å²) in [6.45, 7) is 5.39. The Morgan fingerprint density at radius 3 is 2.16 bits per heavy atom. The Kier molecular flexibility index (Phi) is 8.56. The van der Waals surface area contributed by atoms with Crippen molar-refractivity contribution in [1.82, 2.24) is 19.3 Å². The Morgan fingerprint density at radius 2 is 1.56 bits per heavy atom. The summed E-state index contributed by atoms with van der Waals surface area (Å²) in [4.78, 5) is 14.8. The van der Waals surface area contributed by atoms with E-state index in [2.05, 4.69) is 19.9 Å². The first kappa shape index (κ1) is 30.2. The number of aromatic nitrogens is 3. The number of nitrogens with two attached hydrogens (primary N) is 1. The van der Waals surface area contributed by atoms with Crippen LogP contribution in [0.25, 0.3) is 22.4 Å². The van der Waals surface area contributed by atoms with Gasteiger partial charge in [0, 0.05) is 43.1 Å². The quantitative estimate of drug-likeness (QED) is 0.282. The number of anilines is 2. The number of rotatable bonds is 8. The predicted octanol–water partition coefficient (Wildman–Crippen LogP) is 5.39. The predicted molar refractivity (Wildman–Crippen MR) is 159 cm³/mol. The minimum absolute atomic E-state index is 0.0751. The number of alkyl halides is 2. The monoisotopic (exact) mass is 612 g/mol. The standard InChI is InChI=1S/C30H31F3N6O3S/c1-18-16-22(17-25(35-18)28(32)33)26-27(21-4-8-23(31)9-5-21)36-30(34)37-29(26)42-19(2)20-6-10-24(11-7-20)38-12-14-39(15-13-38)43(3,40)41/h4-11,16-17,19,28H,12-15H2,1-3H3,(H2,34,36,37). The van der Waals surface area contributed by atoms with Gasteiger partial charge in [0.2, 0.25) is 21.9 Å². The highest BCUT2D eigenvalue weighted by Gasteiger charge is 2.25. The fourth-order valence-corrected chi connectivity index (χ4v) is 5.87. The van der Waals surface area contributed by atoms with Gasteiger partial charge in [0.05, 0.1) is 17.5 Å². The van der Waals surface area contributed by atoms with Gasteiger partial charge in [-0.25, -0.2) is 26.6 Å². The van der Waals surface area contributed by atoms with Gasteiger partial charge < -0.3 is 15.4 Å². The molecule has 1 fully saturated rings. The summed E-state index contributed by atoms with van der Waals surface area (Å²) < 4.78 is 72.7. The number of ether oxygens (including phenoxy) is 1. The second kappa shape index (κ2) is 12.2. The van der Waals surface area contributed by atoms with Gasteiger partial charge in [-0.3, -0.25) is 4.98 Å². The molecule has 1 aliphatic heterocycles. The second-order valence-electron chi connectivity index (χ2n) is 10.3. The molecule has 1 aliphatic rings. The lowest BCUT2D eigenvalue weighted by atomic mass is 9.99. The summed E-state index contributed by atoms with van der Waals surface area (Å²) in [5.41, 5.74) is 9.25. The summed E-state index contributed by atoms with van der Waals surface area (Å²) in [6, 6.07) is 16.1. The van der Waals surface area contributed by atoms with Crippen LogP contribution in [-0.2, 0) is 10.0 Å². The van der Waals surface area contributed by atoms with Crippen molar-refractivity contribution < 1.29 is 26.3 Å². The maximum Gasteiger partial charge on any atom is 0.280 e. The molecule has 5 rings (SSSR count). The topological polar surface area (TPSA) is 115 Å². The van der Waals surface area contributed by atoms with Crippen molar-refractivity contribution in [2.24, 2.45) is 0 Å². The van der Waals surface area contributed by atoms with E-state index in [1.54, 1.807) is 13.0 Å². The van der Waals surface area contributed by atoms with E-state index >= 15 is 0 Å². The summed E-state index contributed by atoms with van der Waals surface area (Å²) in [5, 5.41) is 0. The molecule has 9 nitrogen and oxygen atoms in total. The molecule has 43 heavy (non-hydrogen) atoms. The van der Waals surface area contributed by atoms with Gasteiger partial charge in [0.1, 0.15) is 17.6 Å². The van der Waals surface area contributed by atoms with Crippen LogP contribution in [0.2, 0.25) is 0 Å². The number of halogens is 3. The van der Waals surface area contributed by atoms with Crippen molar-refractivity contribution in [2.45, 2.75) is 26.4 Å². The number of nitrogen functional groups attached to an aromatic ring is 1. The Morgan fingerprint density at radius 1 is 0.907 bits per heavy atom. The van der Waals surface area contributed by atoms with Gasteiger partial charge >= 0.3 is 0 Å². The molecule has 13 heteroatoms. The molecule has 1 unspecified atom stereocenters. The second-order valence-corrected chi connectivity index (χ2v) is 12.3. The van der Waals surface area contributed by atoms with Crippen molar-refractivity contribution >= 4 is 21.7 Å². The first-order valence-corrected chi connectivity index (χ1v) is 15.4. The van der Waals surface area contributed by atoms with E-state index in [9.17, 15) is 21.6 Å². The minimum Gasteiger partial charge on any atom is -0.469 e. The van der Waals surface area contributed by atoms with E-state index in [1.807, 2.05) is 31.2 Å². The highest BCUT2D eigenvalue weighted by atomic mass is 32.2. The number of sulfonamides is 1. The molecule has 0 bridgehead atoms. The summed E-state index contributed by atoms with van der Waals surface area (Å²) in [5.74, 6) is -0.474. The van der Waals surface area contributed by atoms with E-state index in [4.69, 9.17) is 10.5 Å². The fourth-order valence-electron chi connectivity index (χ4n) is 5.04.